The van der Waals surface area contributed by atoms with Gasteiger partial charge >= 0.3 is 0 Å². The molecule has 5 rings (SSSR count). The minimum atomic E-state index is -2.91. The van der Waals surface area contributed by atoms with Crippen LogP contribution in [0.2, 0.25) is 0 Å². The molecule has 4 aromatic heterocycles. The van der Waals surface area contributed by atoms with Gasteiger partial charge in [0, 0.05) is 48.2 Å². The smallest absolute Gasteiger partial charge is 0.266 e. The van der Waals surface area contributed by atoms with Crippen molar-refractivity contribution in [2.24, 2.45) is 7.05 Å². The second-order valence-corrected chi connectivity index (χ2v) is 8.32. The average Bonchev–Trinajstić information content (AvgIpc) is 3.31. The van der Waals surface area contributed by atoms with E-state index in [1.807, 2.05) is 10.5 Å². The van der Waals surface area contributed by atoms with Crippen molar-refractivity contribution in [3.63, 3.8) is 0 Å². The molecule has 0 aliphatic heterocycles. The Hall–Kier alpha value is -4.21. The number of hydrogen-bond acceptors (Lipinski definition) is 5. The lowest BCUT2D eigenvalue weighted by Gasteiger charge is -2.19. The van der Waals surface area contributed by atoms with E-state index < -0.39 is 23.8 Å². The SMILES string of the molecule is Cc1nc(N[C@H](C)c2cccc(C(F)F)c2F)c2cc(-c3ccc(=O)n(C)c3)n3ccnc3c2n1. The van der Waals surface area contributed by atoms with Crippen molar-refractivity contribution in [2.75, 3.05) is 5.32 Å². The minimum absolute atomic E-state index is 0.104. The van der Waals surface area contributed by atoms with Crippen LogP contribution >= 0.6 is 0 Å². The number of alkyl halides is 2. The highest BCUT2D eigenvalue weighted by Crippen LogP contribution is 2.33. The first kappa shape index (κ1) is 22.6. The maximum Gasteiger partial charge on any atom is 0.266 e. The molecule has 4 heterocycles. The van der Waals surface area contributed by atoms with Crippen molar-refractivity contribution in [1.29, 1.82) is 0 Å². The van der Waals surface area contributed by atoms with E-state index in [2.05, 4.69) is 20.3 Å². The number of pyridine rings is 2. The fourth-order valence-corrected chi connectivity index (χ4v) is 4.20. The molecule has 0 radical (unpaired) electrons. The molecule has 0 aliphatic carbocycles. The zero-order valence-corrected chi connectivity index (χ0v) is 19.1. The lowest BCUT2D eigenvalue weighted by Crippen LogP contribution is -2.14. The van der Waals surface area contributed by atoms with Crippen LogP contribution in [0.15, 0.2) is 59.8 Å². The molecule has 0 spiro atoms. The standard InChI is InChI=1S/C25H21F3N6O/c1-13(16-5-4-6-17(21(16)26)23(27)28)30-24-18-11-19(15-7-8-20(35)33(3)12-15)34-10-9-29-25(34)22(18)31-14(2)32-24/h4-13,23H,1-3H3,(H,30,31,32)/t13-/m1/s1. The van der Waals surface area contributed by atoms with E-state index in [1.54, 1.807) is 45.6 Å². The first-order valence-electron chi connectivity index (χ1n) is 10.9. The number of imidazole rings is 1. The van der Waals surface area contributed by atoms with Crippen LogP contribution in [-0.4, -0.2) is 23.9 Å². The zero-order valence-electron chi connectivity index (χ0n) is 19.1. The van der Waals surface area contributed by atoms with Crippen LogP contribution in [0.5, 0.6) is 0 Å². The van der Waals surface area contributed by atoms with Crippen molar-refractivity contribution in [3.05, 3.63) is 88.1 Å². The molecule has 1 N–H and O–H groups in total. The summed E-state index contributed by atoms with van der Waals surface area (Å²) in [5.41, 5.74) is 2.00. The molecule has 35 heavy (non-hydrogen) atoms. The highest BCUT2D eigenvalue weighted by molar-refractivity contribution is 6.00. The summed E-state index contributed by atoms with van der Waals surface area (Å²) in [6.45, 7) is 3.41. The van der Waals surface area contributed by atoms with E-state index in [0.29, 0.717) is 28.2 Å². The van der Waals surface area contributed by atoms with Gasteiger partial charge in [-0.2, -0.15) is 0 Å². The summed E-state index contributed by atoms with van der Waals surface area (Å²) >= 11 is 0. The second kappa shape index (κ2) is 8.53. The third-order valence-electron chi connectivity index (χ3n) is 5.95. The van der Waals surface area contributed by atoms with Crippen LogP contribution in [0.3, 0.4) is 0 Å². The normalized spacial score (nSPS) is 12.5. The van der Waals surface area contributed by atoms with E-state index in [0.717, 1.165) is 17.3 Å². The van der Waals surface area contributed by atoms with Gasteiger partial charge in [0.2, 0.25) is 5.56 Å². The molecule has 5 aromatic rings. The Kier molecular flexibility index (Phi) is 5.50. The summed E-state index contributed by atoms with van der Waals surface area (Å²) in [5.74, 6) is -0.0636. The van der Waals surface area contributed by atoms with Crippen LogP contribution in [0, 0.1) is 12.7 Å². The molecule has 0 saturated heterocycles. The maximum atomic E-state index is 14.8. The van der Waals surface area contributed by atoms with Crippen LogP contribution in [0.4, 0.5) is 19.0 Å². The third-order valence-corrected chi connectivity index (χ3v) is 5.95. The molecule has 0 unspecified atom stereocenters. The average molecular weight is 478 g/mol. The van der Waals surface area contributed by atoms with Crippen molar-refractivity contribution in [1.82, 2.24) is 23.9 Å². The summed E-state index contributed by atoms with van der Waals surface area (Å²) in [4.78, 5) is 25.5. The Morgan fingerprint density at radius 3 is 2.60 bits per heavy atom. The van der Waals surface area contributed by atoms with Gasteiger partial charge in [-0.05, 0) is 26.0 Å². The number of nitrogens with one attached hydrogen (secondary N) is 1. The number of aryl methyl sites for hydroxylation is 2. The molecule has 178 valence electrons. The van der Waals surface area contributed by atoms with Gasteiger partial charge in [0.25, 0.3) is 6.43 Å². The molecule has 0 amide bonds. The first-order chi connectivity index (χ1) is 16.7. The molecule has 0 aliphatic rings. The molecular formula is C25H21F3N6O. The number of anilines is 1. The topological polar surface area (TPSA) is 77.1 Å². The molecule has 0 saturated carbocycles. The van der Waals surface area contributed by atoms with Gasteiger partial charge in [0.1, 0.15) is 23.0 Å². The fourth-order valence-electron chi connectivity index (χ4n) is 4.20. The van der Waals surface area contributed by atoms with Gasteiger partial charge in [-0.15, -0.1) is 0 Å². The summed E-state index contributed by atoms with van der Waals surface area (Å²) in [6.07, 6.45) is 2.26. The van der Waals surface area contributed by atoms with Gasteiger partial charge in [-0.1, -0.05) is 18.2 Å². The highest BCUT2D eigenvalue weighted by atomic mass is 19.3. The summed E-state index contributed by atoms with van der Waals surface area (Å²) < 4.78 is 44.6. The van der Waals surface area contributed by atoms with Gasteiger partial charge < -0.3 is 9.88 Å². The molecule has 7 nitrogen and oxygen atoms in total. The number of halogens is 3. The van der Waals surface area contributed by atoms with Gasteiger partial charge in [-0.3, -0.25) is 9.20 Å². The molecule has 1 atom stereocenters. The van der Waals surface area contributed by atoms with Crippen LogP contribution in [-0.2, 0) is 7.05 Å². The van der Waals surface area contributed by atoms with E-state index in [4.69, 9.17) is 0 Å². The largest absolute Gasteiger partial charge is 0.363 e. The molecule has 0 fully saturated rings. The molecular weight excluding hydrogens is 457 g/mol. The predicted octanol–water partition coefficient (Wildman–Crippen LogP) is 5.20. The number of hydrogen-bond donors (Lipinski definition) is 1. The van der Waals surface area contributed by atoms with E-state index in [9.17, 15) is 18.0 Å². The van der Waals surface area contributed by atoms with E-state index in [-0.39, 0.29) is 11.1 Å². The monoisotopic (exact) mass is 478 g/mol. The lowest BCUT2D eigenvalue weighted by atomic mass is 10.0. The minimum Gasteiger partial charge on any atom is -0.363 e. The Morgan fingerprint density at radius 1 is 1.09 bits per heavy atom. The number of fused-ring (bicyclic) bond motifs is 3. The zero-order chi connectivity index (χ0) is 24.9. The molecule has 10 heteroatoms. The van der Waals surface area contributed by atoms with Gasteiger partial charge in [-0.25, -0.2) is 28.1 Å². The summed E-state index contributed by atoms with van der Waals surface area (Å²) in [7, 11) is 1.67. The molecule has 0 bridgehead atoms. The Balaban J connectivity index is 1.69. The highest BCUT2D eigenvalue weighted by Gasteiger charge is 2.21. The second-order valence-electron chi connectivity index (χ2n) is 8.32. The van der Waals surface area contributed by atoms with E-state index >= 15 is 0 Å². The summed E-state index contributed by atoms with van der Waals surface area (Å²) in [6, 6.07) is 8.36. The predicted molar refractivity (Wildman–Crippen MR) is 127 cm³/mol. The Morgan fingerprint density at radius 2 is 1.86 bits per heavy atom. The van der Waals surface area contributed by atoms with Crippen molar-refractivity contribution < 1.29 is 13.2 Å². The van der Waals surface area contributed by atoms with Crippen LogP contribution in [0.1, 0.15) is 36.3 Å². The van der Waals surface area contributed by atoms with Crippen LogP contribution < -0.4 is 10.9 Å². The number of aromatic nitrogens is 5. The number of rotatable bonds is 5. The maximum absolute atomic E-state index is 14.8. The molecule has 1 aromatic carbocycles. The number of benzene rings is 1. The quantitative estimate of drug-likeness (QED) is 0.376. The summed E-state index contributed by atoms with van der Waals surface area (Å²) in [5, 5.41) is 3.80. The third kappa shape index (κ3) is 3.90. The van der Waals surface area contributed by atoms with E-state index in [1.165, 1.54) is 22.8 Å². The first-order valence-corrected chi connectivity index (χ1v) is 10.9. The number of nitrogens with zero attached hydrogens (tertiary/aromatic N) is 5. The lowest BCUT2D eigenvalue weighted by molar-refractivity contribution is 0.146. The Bertz CT molecular complexity index is 1640. The fraction of sp³-hybridized carbons (Fsp3) is 0.200. The van der Waals surface area contributed by atoms with Crippen molar-refractivity contribution in [2.45, 2.75) is 26.3 Å². The van der Waals surface area contributed by atoms with Gasteiger partial charge in [0.15, 0.2) is 5.65 Å². The van der Waals surface area contributed by atoms with Gasteiger partial charge in [0.05, 0.1) is 17.3 Å². The van der Waals surface area contributed by atoms with Crippen molar-refractivity contribution >= 4 is 22.4 Å². The van der Waals surface area contributed by atoms with Crippen LogP contribution in [0.25, 0.3) is 27.8 Å². The van der Waals surface area contributed by atoms with Crippen molar-refractivity contribution in [3.8, 4) is 11.3 Å². The Labute approximate surface area is 197 Å².